The van der Waals surface area contributed by atoms with Crippen molar-refractivity contribution in [1.29, 1.82) is 0 Å². The van der Waals surface area contributed by atoms with Crippen LogP contribution < -0.4 is 0 Å². The number of rotatable bonds is 6. The Balaban J connectivity index is 2.35. The molecule has 0 atom stereocenters. The van der Waals surface area contributed by atoms with Gasteiger partial charge in [-0.1, -0.05) is 6.92 Å². The highest BCUT2D eigenvalue weighted by Gasteiger charge is 2.02. The van der Waals surface area contributed by atoms with Crippen LogP contribution in [0.5, 0.6) is 0 Å². The van der Waals surface area contributed by atoms with Crippen LogP contribution in [0, 0.1) is 6.92 Å². The Kier molecular flexibility index (Phi) is 4.98. The lowest BCUT2D eigenvalue weighted by molar-refractivity contribution is 0.291. The Morgan fingerprint density at radius 2 is 2.29 bits per heavy atom. The van der Waals surface area contributed by atoms with Crippen molar-refractivity contribution in [2.75, 3.05) is 25.5 Å². The molecule has 14 heavy (non-hydrogen) atoms. The van der Waals surface area contributed by atoms with E-state index in [1.807, 2.05) is 19.3 Å². The number of likely N-dealkylation sites (N-methyl/N-ethyl adjacent to an activating group) is 1. The lowest BCUT2D eigenvalue weighted by Crippen LogP contribution is -2.29. The minimum absolute atomic E-state index is 0.705. The molecule has 1 aromatic heterocycles. The van der Waals surface area contributed by atoms with Crippen molar-refractivity contribution in [1.82, 2.24) is 14.5 Å². The maximum absolute atomic E-state index is 5.71. The van der Waals surface area contributed by atoms with Crippen molar-refractivity contribution < 1.29 is 0 Å². The topological polar surface area (TPSA) is 21.1 Å². The molecule has 0 radical (unpaired) electrons. The fourth-order valence-electron chi connectivity index (χ4n) is 1.44. The monoisotopic (exact) mass is 215 g/mol. The Hall–Kier alpha value is -0.540. The van der Waals surface area contributed by atoms with Crippen LogP contribution in [-0.4, -0.2) is 40.0 Å². The van der Waals surface area contributed by atoms with Crippen LogP contribution in [0.4, 0.5) is 0 Å². The van der Waals surface area contributed by atoms with Gasteiger partial charge in [0.1, 0.15) is 5.82 Å². The molecule has 0 fully saturated rings. The summed E-state index contributed by atoms with van der Waals surface area (Å²) in [6.45, 7) is 8.24. The summed E-state index contributed by atoms with van der Waals surface area (Å²) in [7, 11) is 0. The number of hydrogen-bond donors (Lipinski definition) is 0. The van der Waals surface area contributed by atoms with Gasteiger partial charge in [-0.2, -0.15) is 0 Å². The van der Waals surface area contributed by atoms with Gasteiger partial charge < -0.3 is 9.47 Å². The van der Waals surface area contributed by atoms with Gasteiger partial charge in [-0.05, 0) is 13.5 Å². The molecule has 0 unspecified atom stereocenters. The molecule has 1 aromatic rings. The standard InChI is InChI=1S/C10H18ClN3/c1-3-13(6-4-11)8-9-14-7-5-12-10(14)2/h5,7H,3-4,6,8-9H2,1-2H3. The summed E-state index contributed by atoms with van der Waals surface area (Å²) in [5.41, 5.74) is 0. The summed E-state index contributed by atoms with van der Waals surface area (Å²) in [6.07, 6.45) is 3.86. The molecule has 0 amide bonds. The Morgan fingerprint density at radius 3 is 2.79 bits per heavy atom. The van der Waals surface area contributed by atoms with Crippen molar-refractivity contribution in [3.63, 3.8) is 0 Å². The SMILES string of the molecule is CCN(CCCl)CCn1ccnc1C. The Labute approximate surface area is 90.7 Å². The molecular formula is C10H18ClN3. The van der Waals surface area contributed by atoms with E-state index in [9.17, 15) is 0 Å². The second-order valence-electron chi connectivity index (χ2n) is 3.29. The summed E-state index contributed by atoms with van der Waals surface area (Å²) in [5.74, 6) is 1.78. The summed E-state index contributed by atoms with van der Waals surface area (Å²) in [5, 5.41) is 0. The summed E-state index contributed by atoms with van der Waals surface area (Å²) < 4.78 is 2.16. The Morgan fingerprint density at radius 1 is 1.50 bits per heavy atom. The summed E-state index contributed by atoms with van der Waals surface area (Å²) >= 11 is 5.71. The highest BCUT2D eigenvalue weighted by Crippen LogP contribution is 1.97. The normalized spacial score (nSPS) is 11.1. The van der Waals surface area contributed by atoms with Crippen LogP contribution in [0.1, 0.15) is 12.7 Å². The molecule has 0 spiro atoms. The average Bonchev–Trinajstić information content (AvgIpc) is 2.59. The van der Waals surface area contributed by atoms with E-state index in [1.165, 1.54) is 0 Å². The first-order chi connectivity index (χ1) is 6.77. The molecule has 3 nitrogen and oxygen atoms in total. The summed E-state index contributed by atoms with van der Waals surface area (Å²) in [6, 6.07) is 0. The number of halogens is 1. The van der Waals surface area contributed by atoms with E-state index in [-0.39, 0.29) is 0 Å². The number of aromatic nitrogens is 2. The molecule has 0 aliphatic heterocycles. The number of aryl methyl sites for hydroxylation is 1. The molecule has 0 N–H and O–H groups in total. The largest absolute Gasteiger partial charge is 0.334 e. The fourth-order valence-corrected chi connectivity index (χ4v) is 1.68. The first kappa shape index (κ1) is 11.5. The van der Waals surface area contributed by atoms with Gasteiger partial charge in [0.25, 0.3) is 0 Å². The zero-order chi connectivity index (χ0) is 10.4. The molecule has 1 heterocycles. The van der Waals surface area contributed by atoms with Crippen LogP contribution >= 0.6 is 11.6 Å². The average molecular weight is 216 g/mol. The number of imidazole rings is 1. The van der Waals surface area contributed by atoms with Gasteiger partial charge in [0, 0.05) is 37.9 Å². The molecular weight excluding hydrogens is 198 g/mol. The maximum Gasteiger partial charge on any atom is 0.105 e. The maximum atomic E-state index is 5.71. The van der Waals surface area contributed by atoms with Crippen molar-refractivity contribution in [3.05, 3.63) is 18.2 Å². The van der Waals surface area contributed by atoms with Crippen molar-refractivity contribution in [2.45, 2.75) is 20.4 Å². The predicted molar refractivity (Wildman–Crippen MR) is 59.8 cm³/mol. The smallest absolute Gasteiger partial charge is 0.105 e. The van der Waals surface area contributed by atoms with Crippen LogP contribution in [0.25, 0.3) is 0 Å². The molecule has 0 saturated heterocycles. The third kappa shape index (κ3) is 3.31. The van der Waals surface area contributed by atoms with Gasteiger partial charge in [-0.3, -0.25) is 0 Å². The van der Waals surface area contributed by atoms with E-state index in [4.69, 9.17) is 11.6 Å². The minimum Gasteiger partial charge on any atom is -0.334 e. The zero-order valence-corrected chi connectivity index (χ0v) is 9.67. The minimum atomic E-state index is 0.705. The number of alkyl halides is 1. The van der Waals surface area contributed by atoms with Crippen molar-refractivity contribution in [3.8, 4) is 0 Å². The van der Waals surface area contributed by atoms with E-state index in [2.05, 4.69) is 21.4 Å². The van der Waals surface area contributed by atoms with Crippen LogP contribution in [0.2, 0.25) is 0 Å². The van der Waals surface area contributed by atoms with Gasteiger partial charge >= 0.3 is 0 Å². The first-order valence-corrected chi connectivity index (χ1v) is 5.57. The third-order valence-electron chi connectivity index (χ3n) is 2.43. The number of hydrogen-bond acceptors (Lipinski definition) is 2. The van der Waals surface area contributed by atoms with E-state index < -0.39 is 0 Å². The van der Waals surface area contributed by atoms with Crippen molar-refractivity contribution >= 4 is 11.6 Å². The quantitative estimate of drug-likeness (QED) is 0.675. The van der Waals surface area contributed by atoms with E-state index in [0.717, 1.165) is 32.0 Å². The van der Waals surface area contributed by atoms with Gasteiger partial charge in [0.15, 0.2) is 0 Å². The fraction of sp³-hybridized carbons (Fsp3) is 0.700. The molecule has 0 aromatic carbocycles. The first-order valence-electron chi connectivity index (χ1n) is 5.04. The third-order valence-corrected chi connectivity index (χ3v) is 2.60. The second-order valence-corrected chi connectivity index (χ2v) is 3.67. The molecule has 4 heteroatoms. The molecule has 0 aliphatic carbocycles. The molecule has 0 aliphatic rings. The summed E-state index contributed by atoms with van der Waals surface area (Å²) in [4.78, 5) is 6.52. The highest BCUT2D eigenvalue weighted by molar-refractivity contribution is 6.18. The van der Waals surface area contributed by atoms with Crippen LogP contribution in [0.3, 0.4) is 0 Å². The van der Waals surface area contributed by atoms with E-state index in [0.29, 0.717) is 5.88 Å². The van der Waals surface area contributed by atoms with Gasteiger partial charge in [-0.25, -0.2) is 4.98 Å². The van der Waals surface area contributed by atoms with Gasteiger partial charge in [0.05, 0.1) is 0 Å². The lowest BCUT2D eigenvalue weighted by Gasteiger charge is -2.19. The van der Waals surface area contributed by atoms with Crippen LogP contribution in [0.15, 0.2) is 12.4 Å². The van der Waals surface area contributed by atoms with E-state index >= 15 is 0 Å². The number of nitrogens with zero attached hydrogens (tertiary/aromatic N) is 3. The van der Waals surface area contributed by atoms with Crippen LogP contribution in [-0.2, 0) is 6.54 Å². The predicted octanol–water partition coefficient (Wildman–Crippen LogP) is 1.75. The zero-order valence-electron chi connectivity index (χ0n) is 8.91. The Bertz CT molecular complexity index is 260. The van der Waals surface area contributed by atoms with Gasteiger partial charge in [0.2, 0.25) is 0 Å². The van der Waals surface area contributed by atoms with E-state index in [1.54, 1.807) is 0 Å². The molecule has 0 bridgehead atoms. The van der Waals surface area contributed by atoms with Gasteiger partial charge in [-0.15, -0.1) is 11.6 Å². The second kappa shape index (κ2) is 6.04. The van der Waals surface area contributed by atoms with Crippen molar-refractivity contribution in [2.24, 2.45) is 0 Å². The highest BCUT2D eigenvalue weighted by atomic mass is 35.5. The lowest BCUT2D eigenvalue weighted by atomic mass is 10.4. The molecule has 80 valence electrons. The molecule has 1 rings (SSSR count). The molecule has 0 saturated carbocycles.